The number of aryl methyl sites for hydroxylation is 3. The Labute approximate surface area is 326 Å². The molecule has 0 bridgehead atoms. The molecule has 56 heavy (non-hydrogen) atoms. The molecule has 9 aromatic rings. The summed E-state index contributed by atoms with van der Waals surface area (Å²) in [6.07, 6.45) is 5.76. The molecule has 0 unspecified atom stereocenters. The van der Waals surface area contributed by atoms with E-state index in [-0.39, 0.29) is 0 Å². The standard InChI is InChI=1S/C49H40N4O3/c1-33-23-24-50-46(25-33)53-44-20-11-10-19-42(44)43-22-21-41(28-45(43)53)56-40-18-12-17-39(27-40)52-30-38(29-51-52)47-48(54-31-36-13-6-4-7-14-36)34(2)26-35(3)49(47)55-32-37-15-8-5-9-16-37/h4-30H,31-32H2,1-3H3. The van der Waals surface area contributed by atoms with Gasteiger partial charge in [0.25, 0.3) is 0 Å². The Kier molecular flexibility index (Phi) is 9.25. The van der Waals surface area contributed by atoms with Crippen molar-refractivity contribution in [3.8, 4) is 45.6 Å². The number of benzene rings is 6. The van der Waals surface area contributed by atoms with Crippen LogP contribution in [0.25, 0.3) is 44.4 Å². The molecule has 0 N–H and O–H groups in total. The van der Waals surface area contributed by atoms with Gasteiger partial charge in [-0.05, 0) is 97.1 Å². The molecule has 0 aliphatic heterocycles. The first-order chi connectivity index (χ1) is 27.5. The third kappa shape index (κ3) is 6.87. The summed E-state index contributed by atoms with van der Waals surface area (Å²) in [7, 11) is 0. The van der Waals surface area contributed by atoms with Gasteiger partial charge in [0, 0.05) is 40.9 Å². The highest BCUT2D eigenvalue weighted by atomic mass is 16.5. The fourth-order valence-corrected chi connectivity index (χ4v) is 7.37. The number of rotatable bonds is 11. The average molecular weight is 733 g/mol. The Morgan fingerprint density at radius 3 is 1.95 bits per heavy atom. The molecule has 7 nitrogen and oxygen atoms in total. The fourth-order valence-electron chi connectivity index (χ4n) is 7.37. The van der Waals surface area contributed by atoms with Gasteiger partial charge in [-0.1, -0.05) is 84.9 Å². The molecule has 7 heteroatoms. The predicted octanol–water partition coefficient (Wildman–Crippen LogP) is 11.9. The second-order valence-corrected chi connectivity index (χ2v) is 14.1. The molecule has 3 aromatic heterocycles. The lowest BCUT2D eigenvalue weighted by Gasteiger charge is -2.20. The molecule has 0 fully saturated rings. The van der Waals surface area contributed by atoms with Crippen LogP contribution in [0.4, 0.5) is 0 Å². The van der Waals surface area contributed by atoms with Crippen molar-refractivity contribution in [1.29, 1.82) is 0 Å². The largest absolute Gasteiger partial charge is 0.488 e. The van der Waals surface area contributed by atoms with E-state index >= 15 is 0 Å². The van der Waals surface area contributed by atoms with Crippen LogP contribution in [0.2, 0.25) is 0 Å². The summed E-state index contributed by atoms with van der Waals surface area (Å²) in [6, 6.07) is 49.3. The molecule has 274 valence electrons. The molecular formula is C49H40N4O3. The summed E-state index contributed by atoms with van der Waals surface area (Å²) < 4.78 is 23.8. The summed E-state index contributed by atoms with van der Waals surface area (Å²) in [5.41, 5.74) is 10.1. The summed E-state index contributed by atoms with van der Waals surface area (Å²) in [6.45, 7) is 7.10. The zero-order chi connectivity index (χ0) is 38.0. The number of fused-ring (bicyclic) bond motifs is 3. The molecule has 0 amide bonds. The van der Waals surface area contributed by atoms with E-state index in [1.54, 1.807) is 0 Å². The molecule has 3 heterocycles. The highest BCUT2D eigenvalue weighted by Gasteiger charge is 2.22. The van der Waals surface area contributed by atoms with E-state index in [9.17, 15) is 0 Å². The molecule has 9 rings (SSSR count). The van der Waals surface area contributed by atoms with E-state index in [4.69, 9.17) is 24.3 Å². The van der Waals surface area contributed by atoms with E-state index in [0.29, 0.717) is 19.0 Å². The maximum Gasteiger partial charge on any atom is 0.137 e. The Morgan fingerprint density at radius 1 is 0.571 bits per heavy atom. The summed E-state index contributed by atoms with van der Waals surface area (Å²) in [4.78, 5) is 4.73. The van der Waals surface area contributed by atoms with Crippen LogP contribution in [0.15, 0.2) is 164 Å². The zero-order valence-corrected chi connectivity index (χ0v) is 31.5. The highest BCUT2D eigenvalue weighted by molar-refractivity contribution is 6.09. The van der Waals surface area contributed by atoms with Gasteiger partial charge in [-0.3, -0.25) is 4.57 Å². The molecule has 0 aliphatic rings. The van der Waals surface area contributed by atoms with Gasteiger partial charge in [-0.25, -0.2) is 9.67 Å². The number of ether oxygens (including phenoxy) is 3. The van der Waals surface area contributed by atoms with Gasteiger partial charge < -0.3 is 14.2 Å². The molecule has 0 saturated heterocycles. The highest BCUT2D eigenvalue weighted by Crippen LogP contribution is 2.44. The smallest absolute Gasteiger partial charge is 0.137 e. The number of nitrogens with zero attached hydrogens (tertiary/aromatic N) is 4. The van der Waals surface area contributed by atoms with Crippen molar-refractivity contribution in [2.75, 3.05) is 0 Å². The summed E-state index contributed by atoms with van der Waals surface area (Å²) in [5, 5.41) is 7.15. The van der Waals surface area contributed by atoms with Gasteiger partial charge >= 0.3 is 0 Å². The minimum absolute atomic E-state index is 0.428. The Bertz CT molecular complexity index is 2760. The number of hydrogen-bond acceptors (Lipinski definition) is 5. The van der Waals surface area contributed by atoms with Crippen molar-refractivity contribution in [1.82, 2.24) is 19.3 Å². The molecule has 0 aliphatic carbocycles. The van der Waals surface area contributed by atoms with Gasteiger partial charge in [-0.2, -0.15) is 5.10 Å². The minimum Gasteiger partial charge on any atom is -0.488 e. The first-order valence-electron chi connectivity index (χ1n) is 18.8. The zero-order valence-electron chi connectivity index (χ0n) is 31.5. The topological polar surface area (TPSA) is 63.3 Å². The van der Waals surface area contributed by atoms with Crippen LogP contribution in [0, 0.1) is 20.8 Å². The molecular weight excluding hydrogens is 693 g/mol. The van der Waals surface area contributed by atoms with E-state index in [2.05, 4.69) is 98.1 Å². The maximum atomic E-state index is 6.61. The lowest BCUT2D eigenvalue weighted by atomic mass is 9.99. The number of para-hydroxylation sites is 1. The second-order valence-electron chi connectivity index (χ2n) is 14.1. The molecule has 0 saturated carbocycles. The van der Waals surface area contributed by atoms with Crippen molar-refractivity contribution in [2.24, 2.45) is 0 Å². The maximum absolute atomic E-state index is 6.61. The van der Waals surface area contributed by atoms with Crippen LogP contribution in [-0.4, -0.2) is 19.3 Å². The number of pyridine rings is 1. The van der Waals surface area contributed by atoms with E-state index in [0.717, 1.165) is 84.1 Å². The Morgan fingerprint density at radius 2 is 1.23 bits per heavy atom. The summed E-state index contributed by atoms with van der Waals surface area (Å²) >= 11 is 0. The van der Waals surface area contributed by atoms with Gasteiger partial charge in [0.2, 0.25) is 0 Å². The lowest BCUT2D eigenvalue weighted by Crippen LogP contribution is -2.04. The fraction of sp³-hybridized carbons (Fsp3) is 0.102. The van der Waals surface area contributed by atoms with Crippen LogP contribution >= 0.6 is 0 Å². The van der Waals surface area contributed by atoms with Crippen molar-refractivity contribution >= 4 is 21.8 Å². The van der Waals surface area contributed by atoms with E-state index in [1.165, 1.54) is 5.39 Å². The molecule has 0 radical (unpaired) electrons. The number of hydrogen-bond donors (Lipinski definition) is 0. The van der Waals surface area contributed by atoms with Crippen LogP contribution < -0.4 is 14.2 Å². The van der Waals surface area contributed by atoms with Gasteiger partial charge in [0.05, 0.1) is 28.5 Å². The average Bonchev–Trinajstić information content (AvgIpc) is 3.84. The van der Waals surface area contributed by atoms with Crippen molar-refractivity contribution in [2.45, 2.75) is 34.0 Å². The van der Waals surface area contributed by atoms with Crippen molar-refractivity contribution < 1.29 is 14.2 Å². The summed E-state index contributed by atoms with van der Waals surface area (Å²) in [5.74, 6) is 3.83. The van der Waals surface area contributed by atoms with E-state index < -0.39 is 0 Å². The SMILES string of the molecule is Cc1ccnc(-n2c3ccccc3c3ccc(Oc4cccc(-n5cc(-c6c(OCc7ccccc7)c(C)cc(C)c6OCc6ccccc6)cn5)c4)cc32)c1. The van der Waals surface area contributed by atoms with Gasteiger partial charge in [-0.15, -0.1) is 0 Å². The van der Waals surface area contributed by atoms with Gasteiger partial charge in [0.15, 0.2) is 0 Å². The minimum atomic E-state index is 0.428. The second kappa shape index (κ2) is 15.0. The third-order valence-electron chi connectivity index (χ3n) is 10.0. The van der Waals surface area contributed by atoms with Crippen LogP contribution in [-0.2, 0) is 13.2 Å². The normalized spacial score (nSPS) is 11.3. The Balaban J connectivity index is 1.06. The van der Waals surface area contributed by atoms with Gasteiger partial charge in [0.1, 0.15) is 42.0 Å². The number of aromatic nitrogens is 4. The molecule has 0 atom stereocenters. The lowest BCUT2D eigenvalue weighted by molar-refractivity contribution is 0.290. The molecule has 6 aromatic carbocycles. The quantitative estimate of drug-likeness (QED) is 0.132. The first-order valence-corrected chi connectivity index (χ1v) is 18.8. The van der Waals surface area contributed by atoms with Crippen LogP contribution in [0.3, 0.4) is 0 Å². The van der Waals surface area contributed by atoms with Crippen molar-refractivity contribution in [3.05, 3.63) is 192 Å². The Hall–Kier alpha value is -7.12. The van der Waals surface area contributed by atoms with Crippen molar-refractivity contribution in [3.63, 3.8) is 0 Å². The van der Waals surface area contributed by atoms with Crippen LogP contribution in [0.1, 0.15) is 27.8 Å². The van der Waals surface area contributed by atoms with E-state index in [1.807, 2.05) is 96.1 Å². The molecule has 0 spiro atoms. The monoisotopic (exact) mass is 732 g/mol. The predicted molar refractivity (Wildman–Crippen MR) is 223 cm³/mol. The third-order valence-corrected chi connectivity index (χ3v) is 10.0. The first kappa shape index (κ1) is 34.6. The van der Waals surface area contributed by atoms with Crippen LogP contribution in [0.5, 0.6) is 23.0 Å².